The second kappa shape index (κ2) is 5.90. The molecule has 0 bridgehead atoms. The van der Waals surface area contributed by atoms with Gasteiger partial charge in [-0.1, -0.05) is 0 Å². The van der Waals surface area contributed by atoms with Crippen LogP contribution < -0.4 is 10.6 Å². The third-order valence-electron chi connectivity index (χ3n) is 3.44. The zero-order valence-corrected chi connectivity index (χ0v) is 10.7. The molecule has 1 saturated heterocycles. The average molecular weight is 269 g/mol. The van der Waals surface area contributed by atoms with Crippen LogP contribution in [0.4, 0.5) is 4.79 Å². The molecule has 2 fully saturated rings. The molecule has 7 heteroatoms. The molecular formula is C12H19N3O4. The van der Waals surface area contributed by atoms with E-state index in [-0.39, 0.29) is 36.9 Å². The van der Waals surface area contributed by atoms with Gasteiger partial charge in [-0.05, 0) is 25.2 Å². The number of nitrogens with zero attached hydrogens (tertiary/aromatic N) is 1. The highest BCUT2D eigenvalue weighted by Gasteiger charge is 2.34. The normalized spacial score (nSPS) is 21.3. The van der Waals surface area contributed by atoms with Crippen molar-refractivity contribution in [3.63, 3.8) is 0 Å². The number of carbonyl (C=O) groups excluding carboxylic acids is 2. The fourth-order valence-corrected chi connectivity index (χ4v) is 2.25. The van der Waals surface area contributed by atoms with Crippen molar-refractivity contribution < 1.29 is 19.5 Å². The number of amides is 3. The molecule has 2 aliphatic rings. The van der Waals surface area contributed by atoms with Gasteiger partial charge in [-0.2, -0.15) is 0 Å². The minimum atomic E-state index is -0.911. The molecule has 1 saturated carbocycles. The first-order chi connectivity index (χ1) is 9.06. The number of carbonyl (C=O) groups is 3. The van der Waals surface area contributed by atoms with Gasteiger partial charge in [0.05, 0.1) is 6.42 Å². The Morgan fingerprint density at radius 2 is 2.21 bits per heavy atom. The van der Waals surface area contributed by atoms with E-state index in [9.17, 15) is 14.4 Å². The molecule has 0 radical (unpaired) electrons. The maximum atomic E-state index is 12.1. The first kappa shape index (κ1) is 13.6. The van der Waals surface area contributed by atoms with Crippen LogP contribution in [0.25, 0.3) is 0 Å². The zero-order valence-electron chi connectivity index (χ0n) is 10.7. The number of urea groups is 1. The van der Waals surface area contributed by atoms with Crippen molar-refractivity contribution in [3.8, 4) is 0 Å². The van der Waals surface area contributed by atoms with Gasteiger partial charge in [-0.3, -0.25) is 9.59 Å². The molecule has 0 aromatic rings. The van der Waals surface area contributed by atoms with Gasteiger partial charge in [-0.25, -0.2) is 4.79 Å². The Morgan fingerprint density at radius 3 is 2.84 bits per heavy atom. The number of nitrogens with one attached hydrogen (secondary N) is 2. The summed E-state index contributed by atoms with van der Waals surface area (Å²) in [6.07, 6.45) is 2.57. The van der Waals surface area contributed by atoms with E-state index in [2.05, 4.69) is 10.6 Å². The number of rotatable bonds is 4. The van der Waals surface area contributed by atoms with Crippen molar-refractivity contribution >= 4 is 17.9 Å². The second-order valence-electron chi connectivity index (χ2n) is 5.12. The van der Waals surface area contributed by atoms with Crippen LogP contribution in [0.1, 0.15) is 25.7 Å². The van der Waals surface area contributed by atoms with E-state index in [1.54, 1.807) is 0 Å². The molecule has 1 atom stereocenters. The van der Waals surface area contributed by atoms with Gasteiger partial charge in [0.1, 0.15) is 6.54 Å². The predicted octanol–water partition coefficient (Wildman–Crippen LogP) is -0.229. The summed E-state index contributed by atoms with van der Waals surface area (Å²) in [7, 11) is 0. The Labute approximate surface area is 111 Å². The lowest BCUT2D eigenvalue weighted by Crippen LogP contribution is -2.48. The van der Waals surface area contributed by atoms with Gasteiger partial charge in [-0.15, -0.1) is 0 Å². The van der Waals surface area contributed by atoms with E-state index in [0.717, 1.165) is 12.8 Å². The van der Waals surface area contributed by atoms with Gasteiger partial charge in [0, 0.05) is 19.1 Å². The maximum absolute atomic E-state index is 12.1. The quantitative estimate of drug-likeness (QED) is 0.656. The van der Waals surface area contributed by atoms with E-state index >= 15 is 0 Å². The van der Waals surface area contributed by atoms with Gasteiger partial charge in [0.2, 0.25) is 5.91 Å². The molecule has 1 heterocycles. The van der Waals surface area contributed by atoms with Crippen LogP contribution in [0.15, 0.2) is 0 Å². The molecule has 7 nitrogen and oxygen atoms in total. The van der Waals surface area contributed by atoms with Crippen molar-refractivity contribution in [2.24, 2.45) is 5.92 Å². The largest absolute Gasteiger partial charge is 0.481 e. The smallest absolute Gasteiger partial charge is 0.318 e. The van der Waals surface area contributed by atoms with Crippen LogP contribution >= 0.6 is 0 Å². The van der Waals surface area contributed by atoms with Crippen LogP contribution in [0.3, 0.4) is 0 Å². The molecule has 3 N–H and O–H groups in total. The highest BCUT2D eigenvalue weighted by Crippen LogP contribution is 2.34. The molecule has 1 unspecified atom stereocenters. The number of carboxylic acids is 1. The van der Waals surface area contributed by atoms with E-state index in [1.807, 2.05) is 0 Å². The molecule has 3 amide bonds. The third-order valence-corrected chi connectivity index (χ3v) is 3.44. The minimum absolute atomic E-state index is 0.0380. The fourth-order valence-electron chi connectivity index (χ4n) is 2.25. The molecular weight excluding hydrogens is 250 g/mol. The van der Waals surface area contributed by atoms with Crippen LogP contribution in [0.2, 0.25) is 0 Å². The van der Waals surface area contributed by atoms with Crippen LogP contribution in [0, 0.1) is 5.92 Å². The lowest BCUT2D eigenvalue weighted by atomic mass is 10.1. The molecule has 0 spiro atoms. The van der Waals surface area contributed by atoms with Crippen molar-refractivity contribution in [1.82, 2.24) is 15.5 Å². The molecule has 0 aromatic carbocycles. The number of hydrogen-bond donors (Lipinski definition) is 3. The van der Waals surface area contributed by atoms with Gasteiger partial charge in [0.25, 0.3) is 0 Å². The van der Waals surface area contributed by atoms with Crippen molar-refractivity contribution in [1.29, 1.82) is 0 Å². The highest BCUT2D eigenvalue weighted by molar-refractivity contribution is 5.84. The van der Waals surface area contributed by atoms with E-state index in [1.165, 1.54) is 4.90 Å². The first-order valence-electron chi connectivity index (χ1n) is 6.60. The molecule has 106 valence electrons. The summed E-state index contributed by atoms with van der Waals surface area (Å²) in [4.78, 5) is 35.7. The Hall–Kier alpha value is -1.79. The molecule has 19 heavy (non-hydrogen) atoms. The Morgan fingerprint density at radius 1 is 1.47 bits per heavy atom. The summed E-state index contributed by atoms with van der Waals surface area (Å²) in [6, 6.07) is -0.661. The zero-order chi connectivity index (χ0) is 13.8. The van der Waals surface area contributed by atoms with Gasteiger partial charge >= 0.3 is 12.0 Å². The van der Waals surface area contributed by atoms with Crippen LogP contribution in [-0.2, 0) is 9.59 Å². The summed E-state index contributed by atoms with van der Waals surface area (Å²) < 4.78 is 0. The van der Waals surface area contributed by atoms with E-state index < -0.39 is 5.97 Å². The van der Waals surface area contributed by atoms with E-state index in [4.69, 9.17) is 5.11 Å². The molecule has 1 aliphatic carbocycles. The summed E-state index contributed by atoms with van der Waals surface area (Å²) in [5, 5.41) is 14.3. The number of aliphatic carboxylic acids is 1. The Bertz CT molecular complexity index is 381. The van der Waals surface area contributed by atoms with Gasteiger partial charge < -0.3 is 20.6 Å². The summed E-state index contributed by atoms with van der Waals surface area (Å²) in [5.74, 6) is -0.819. The average Bonchev–Trinajstić information content (AvgIpc) is 3.13. The molecule has 2 rings (SSSR count). The third kappa shape index (κ3) is 4.11. The number of hydrogen-bond acceptors (Lipinski definition) is 3. The topological polar surface area (TPSA) is 98.7 Å². The lowest BCUT2D eigenvalue weighted by molar-refractivity contribution is -0.137. The maximum Gasteiger partial charge on any atom is 0.318 e. The van der Waals surface area contributed by atoms with Crippen molar-refractivity contribution in [2.75, 3.05) is 19.6 Å². The summed E-state index contributed by atoms with van der Waals surface area (Å²) >= 11 is 0. The van der Waals surface area contributed by atoms with Crippen molar-refractivity contribution in [3.05, 3.63) is 0 Å². The summed E-state index contributed by atoms with van der Waals surface area (Å²) in [5.41, 5.74) is 0. The monoisotopic (exact) mass is 269 g/mol. The van der Waals surface area contributed by atoms with Crippen LogP contribution in [-0.4, -0.2) is 53.6 Å². The van der Waals surface area contributed by atoms with Crippen LogP contribution in [0.5, 0.6) is 0 Å². The SMILES string of the molecule is O=C(O)CC(NC(=O)N1CCCNC(=O)C1)C1CC1. The molecule has 1 aliphatic heterocycles. The highest BCUT2D eigenvalue weighted by atomic mass is 16.4. The summed E-state index contributed by atoms with van der Waals surface area (Å²) in [6.45, 7) is 1.12. The minimum Gasteiger partial charge on any atom is -0.481 e. The first-order valence-corrected chi connectivity index (χ1v) is 6.60. The van der Waals surface area contributed by atoms with Crippen molar-refractivity contribution in [2.45, 2.75) is 31.7 Å². The Balaban J connectivity index is 1.90. The van der Waals surface area contributed by atoms with Gasteiger partial charge in [0.15, 0.2) is 0 Å². The molecule has 0 aromatic heterocycles. The standard InChI is InChI=1S/C12H19N3O4/c16-10-7-15(5-1-4-13-10)12(19)14-9(6-11(17)18)8-2-3-8/h8-9H,1-7H2,(H,13,16)(H,14,19)(H,17,18). The lowest BCUT2D eigenvalue weighted by Gasteiger charge is -2.23. The predicted molar refractivity (Wildman–Crippen MR) is 66.5 cm³/mol. The van der Waals surface area contributed by atoms with E-state index in [0.29, 0.717) is 19.5 Å². The fraction of sp³-hybridized carbons (Fsp3) is 0.750. The number of carboxylic acid groups (broad SMARTS) is 1. The Kier molecular flexibility index (Phi) is 4.24. The second-order valence-corrected chi connectivity index (χ2v) is 5.12.